The molecule has 0 unspecified atom stereocenters. The first-order valence-corrected chi connectivity index (χ1v) is 7.04. The molecule has 1 heterocycles. The van der Waals surface area contributed by atoms with Crippen LogP contribution < -0.4 is 5.56 Å². The van der Waals surface area contributed by atoms with E-state index in [9.17, 15) is 14.0 Å². The highest BCUT2D eigenvalue weighted by Gasteiger charge is 2.18. The summed E-state index contributed by atoms with van der Waals surface area (Å²) in [6, 6.07) is 13.0. The fourth-order valence-corrected chi connectivity index (χ4v) is 2.41. The third-order valence-electron chi connectivity index (χ3n) is 3.61. The standard InChI is InChI=1S/C17H14FN3O2/c1-21(10-11-6-2-5-9-14(11)18)17(23)15-12-7-3-4-8-13(12)16(22)20-19-15/h2-9H,10H2,1H3,(H,20,22). The molecule has 0 radical (unpaired) electrons. The Balaban J connectivity index is 1.96. The quantitative estimate of drug-likeness (QED) is 0.807. The lowest BCUT2D eigenvalue weighted by molar-refractivity contribution is 0.0779. The Morgan fingerprint density at radius 2 is 1.78 bits per heavy atom. The zero-order chi connectivity index (χ0) is 16.4. The first-order valence-electron chi connectivity index (χ1n) is 7.04. The van der Waals surface area contributed by atoms with E-state index in [2.05, 4.69) is 10.2 Å². The number of carbonyl (C=O) groups is 1. The van der Waals surface area contributed by atoms with Crippen LogP contribution in [0.2, 0.25) is 0 Å². The molecule has 3 aromatic rings. The smallest absolute Gasteiger partial charge is 0.274 e. The minimum absolute atomic E-state index is 0.112. The van der Waals surface area contributed by atoms with Crippen LogP contribution in [0.1, 0.15) is 16.1 Å². The number of benzene rings is 2. The van der Waals surface area contributed by atoms with E-state index in [1.54, 1.807) is 49.5 Å². The number of rotatable bonds is 3. The summed E-state index contributed by atoms with van der Waals surface area (Å²) in [5.74, 6) is -0.757. The lowest BCUT2D eigenvalue weighted by atomic mass is 10.1. The molecular formula is C17H14FN3O2. The minimum Gasteiger partial charge on any atom is -0.336 e. The second kappa shape index (κ2) is 6.00. The third kappa shape index (κ3) is 2.83. The molecule has 0 spiro atoms. The fourth-order valence-electron chi connectivity index (χ4n) is 2.41. The number of halogens is 1. The lowest BCUT2D eigenvalue weighted by Crippen LogP contribution is -2.29. The molecular weight excluding hydrogens is 297 g/mol. The van der Waals surface area contributed by atoms with Crippen LogP contribution in [0.25, 0.3) is 10.8 Å². The molecule has 0 atom stereocenters. The Morgan fingerprint density at radius 3 is 2.52 bits per heavy atom. The number of hydrogen-bond donors (Lipinski definition) is 1. The lowest BCUT2D eigenvalue weighted by Gasteiger charge is -2.17. The van der Waals surface area contributed by atoms with E-state index >= 15 is 0 Å². The predicted octanol–water partition coefficient (Wildman–Crippen LogP) is 2.33. The molecule has 5 nitrogen and oxygen atoms in total. The number of nitrogens with zero attached hydrogens (tertiary/aromatic N) is 2. The van der Waals surface area contributed by atoms with Gasteiger partial charge in [-0.2, -0.15) is 5.10 Å². The molecule has 23 heavy (non-hydrogen) atoms. The highest BCUT2D eigenvalue weighted by atomic mass is 19.1. The van der Waals surface area contributed by atoms with Crippen LogP contribution in [0, 0.1) is 5.82 Å². The summed E-state index contributed by atoms with van der Waals surface area (Å²) in [6.45, 7) is 0.112. The van der Waals surface area contributed by atoms with Gasteiger partial charge in [0.05, 0.1) is 5.39 Å². The van der Waals surface area contributed by atoms with Crippen LogP contribution in [-0.4, -0.2) is 28.1 Å². The van der Waals surface area contributed by atoms with Gasteiger partial charge in [-0.1, -0.05) is 36.4 Å². The molecule has 0 bridgehead atoms. The van der Waals surface area contributed by atoms with Crippen molar-refractivity contribution in [2.24, 2.45) is 0 Å². The molecule has 1 amide bonds. The number of hydrogen-bond acceptors (Lipinski definition) is 3. The maximum Gasteiger partial charge on any atom is 0.274 e. The maximum atomic E-state index is 13.7. The van der Waals surface area contributed by atoms with Crippen molar-refractivity contribution in [1.29, 1.82) is 0 Å². The topological polar surface area (TPSA) is 66.1 Å². The zero-order valence-corrected chi connectivity index (χ0v) is 12.4. The first-order chi connectivity index (χ1) is 11.1. The third-order valence-corrected chi connectivity index (χ3v) is 3.61. The zero-order valence-electron chi connectivity index (χ0n) is 12.4. The number of aromatic amines is 1. The van der Waals surface area contributed by atoms with Crippen molar-refractivity contribution in [3.05, 3.63) is 76.0 Å². The predicted molar refractivity (Wildman–Crippen MR) is 84.6 cm³/mol. The van der Waals surface area contributed by atoms with Crippen molar-refractivity contribution in [3.63, 3.8) is 0 Å². The van der Waals surface area contributed by atoms with Gasteiger partial charge in [-0.15, -0.1) is 0 Å². The number of amides is 1. The Hall–Kier alpha value is -3.02. The number of nitrogens with one attached hydrogen (secondary N) is 1. The Bertz CT molecular complexity index is 936. The monoisotopic (exact) mass is 311 g/mol. The van der Waals surface area contributed by atoms with Gasteiger partial charge in [0, 0.05) is 24.5 Å². The summed E-state index contributed by atoms with van der Waals surface area (Å²) < 4.78 is 13.7. The number of fused-ring (bicyclic) bond motifs is 1. The van der Waals surface area contributed by atoms with Gasteiger partial charge in [-0.3, -0.25) is 9.59 Å². The van der Waals surface area contributed by atoms with E-state index < -0.39 is 0 Å². The molecule has 3 rings (SSSR count). The van der Waals surface area contributed by atoms with Gasteiger partial charge in [-0.05, 0) is 12.1 Å². The largest absolute Gasteiger partial charge is 0.336 e. The number of aromatic nitrogens is 2. The second-order valence-corrected chi connectivity index (χ2v) is 5.20. The molecule has 6 heteroatoms. The molecule has 0 saturated carbocycles. The van der Waals surface area contributed by atoms with Gasteiger partial charge < -0.3 is 4.90 Å². The molecule has 1 aromatic heterocycles. The Morgan fingerprint density at radius 1 is 1.13 bits per heavy atom. The summed E-state index contributed by atoms with van der Waals surface area (Å²) in [6.07, 6.45) is 0. The van der Waals surface area contributed by atoms with Crippen molar-refractivity contribution in [1.82, 2.24) is 15.1 Å². The van der Waals surface area contributed by atoms with E-state index in [1.807, 2.05) is 0 Å². The minimum atomic E-state index is -0.388. The average molecular weight is 311 g/mol. The van der Waals surface area contributed by atoms with Gasteiger partial charge in [0.2, 0.25) is 0 Å². The van der Waals surface area contributed by atoms with Crippen molar-refractivity contribution >= 4 is 16.7 Å². The van der Waals surface area contributed by atoms with E-state index in [4.69, 9.17) is 0 Å². The Kier molecular flexibility index (Phi) is 3.89. The van der Waals surface area contributed by atoms with Crippen LogP contribution in [0.15, 0.2) is 53.3 Å². The van der Waals surface area contributed by atoms with Crippen molar-refractivity contribution in [3.8, 4) is 0 Å². The molecule has 1 N–H and O–H groups in total. The normalized spacial score (nSPS) is 10.7. The van der Waals surface area contributed by atoms with Crippen LogP contribution in [0.5, 0.6) is 0 Å². The summed E-state index contributed by atoms with van der Waals surface area (Å²) in [5, 5.41) is 7.06. The van der Waals surface area contributed by atoms with Crippen molar-refractivity contribution in [2.75, 3.05) is 7.05 Å². The van der Waals surface area contributed by atoms with E-state index in [0.29, 0.717) is 16.3 Å². The molecule has 0 saturated heterocycles. The average Bonchev–Trinajstić information content (AvgIpc) is 2.57. The summed E-state index contributed by atoms with van der Waals surface area (Å²) in [5.41, 5.74) is 0.199. The molecule has 0 aliphatic heterocycles. The van der Waals surface area contributed by atoms with Crippen LogP contribution in [0.3, 0.4) is 0 Å². The molecule has 116 valence electrons. The highest BCUT2D eigenvalue weighted by molar-refractivity contribution is 6.04. The van der Waals surface area contributed by atoms with Crippen molar-refractivity contribution < 1.29 is 9.18 Å². The first kappa shape index (κ1) is 14.9. The Labute approximate surface area is 131 Å². The van der Waals surface area contributed by atoms with Gasteiger partial charge in [0.15, 0.2) is 5.69 Å². The van der Waals surface area contributed by atoms with Crippen LogP contribution in [0.4, 0.5) is 4.39 Å². The van der Waals surface area contributed by atoms with Gasteiger partial charge in [0.25, 0.3) is 11.5 Å². The van der Waals surface area contributed by atoms with Gasteiger partial charge >= 0.3 is 0 Å². The molecule has 0 fully saturated rings. The summed E-state index contributed by atoms with van der Waals surface area (Å²) >= 11 is 0. The SMILES string of the molecule is CN(Cc1ccccc1F)C(=O)c1n[nH]c(=O)c2ccccc12. The van der Waals surface area contributed by atoms with E-state index in [-0.39, 0.29) is 29.5 Å². The van der Waals surface area contributed by atoms with E-state index in [1.165, 1.54) is 11.0 Å². The number of carbonyl (C=O) groups excluding carboxylic acids is 1. The maximum absolute atomic E-state index is 13.7. The summed E-state index contributed by atoms with van der Waals surface area (Å²) in [7, 11) is 1.57. The van der Waals surface area contributed by atoms with Crippen LogP contribution in [-0.2, 0) is 6.54 Å². The van der Waals surface area contributed by atoms with Crippen LogP contribution >= 0.6 is 0 Å². The van der Waals surface area contributed by atoms with E-state index in [0.717, 1.165) is 0 Å². The van der Waals surface area contributed by atoms with Crippen molar-refractivity contribution in [2.45, 2.75) is 6.54 Å². The van der Waals surface area contributed by atoms with Gasteiger partial charge in [-0.25, -0.2) is 9.49 Å². The van der Waals surface area contributed by atoms with Gasteiger partial charge in [0.1, 0.15) is 5.82 Å². The molecule has 0 aliphatic carbocycles. The molecule has 2 aromatic carbocycles. The summed E-state index contributed by atoms with van der Waals surface area (Å²) in [4.78, 5) is 25.7. The second-order valence-electron chi connectivity index (χ2n) is 5.20. The highest BCUT2D eigenvalue weighted by Crippen LogP contribution is 2.16. The fraction of sp³-hybridized carbons (Fsp3) is 0.118. The number of H-pyrrole nitrogens is 1. The molecule has 0 aliphatic rings.